The van der Waals surface area contributed by atoms with Crippen LogP contribution in [0.5, 0.6) is 0 Å². The molecule has 5 nitrogen and oxygen atoms in total. The van der Waals surface area contributed by atoms with Crippen LogP contribution < -0.4 is 10.0 Å². The molecule has 0 aromatic heterocycles. The quantitative estimate of drug-likeness (QED) is 0.669. The van der Waals surface area contributed by atoms with Gasteiger partial charge in [-0.3, -0.25) is 0 Å². The van der Waals surface area contributed by atoms with Gasteiger partial charge in [-0.05, 0) is 50.8 Å². The van der Waals surface area contributed by atoms with Gasteiger partial charge in [0.25, 0.3) is 10.2 Å². The highest BCUT2D eigenvalue weighted by Gasteiger charge is 2.31. The molecule has 2 fully saturated rings. The fraction of sp³-hybridized carbons (Fsp3) is 1.00. The maximum Gasteiger partial charge on any atom is 0.279 e. The molecule has 0 spiro atoms. The first kappa shape index (κ1) is 17.5. The van der Waals surface area contributed by atoms with E-state index >= 15 is 0 Å². The summed E-state index contributed by atoms with van der Waals surface area (Å²) >= 11 is 1.69. The van der Waals surface area contributed by atoms with Gasteiger partial charge >= 0.3 is 0 Å². The van der Waals surface area contributed by atoms with Crippen molar-refractivity contribution in [2.75, 3.05) is 31.6 Å². The van der Waals surface area contributed by atoms with Gasteiger partial charge in [0.15, 0.2) is 0 Å². The second-order valence-corrected chi connectivity index (χ2v) is 8.85. The van der Waals surface area contributed by atoms with Crippen LogP contribution in [0.4, 0.5) is 0 Å². The van der Waals surface area contributed by atoms with Crippen LogP contribution in [0.1, 0.15) is 39.0 Å². The summed E-state index contributed by atoms with van der Waals surface area (Å²) in [5, 5.41) is 3.53. The molecule has 7 heteroatoms. The van der Waals surface area contributed by atoms with E-state index in [9.17, 15) is 8.42 Å². The maximum atomic E-state index is 12.5. The number of hydrogen-bond acceptors (Lipinski definition) is 4. The average Bonchev–Trinajstić information content (AvgIpc) is 3.29. The second kappa shape index (κ2) is 8.15. The molecule has 0 bridgehead atoms. The van der Waals surface area contributed by atoms with Crippen molar-refractivity contribution in [3.63, 3.8) is 0 Å². The largest absolute Gasteiger partial charge is 0.314 e. The lowest BCUT2D eigenvalue weighted by Gasteiger charge is -2.33. The molecule has 2 N–H and O–H groups in total. The molecule has 2 atom stereocenters. The zero-order valence-electron chi connectivity index (χ0n) is 13.2. The van der Waals surface area contributed by atoms with Crippen LogP contribution in [0, 0.1) is 5.92 Å². The molecule has 1 saturated carbocycles. The minimum atomic E-state index is -3.33. The van der Waals surface area contributed by atoms with E-state index in [0.29, 0.717) is 25.0 Å². The summed E-state index contributed by atoms with van der Waals surface area (Å²) in [6.45, 7) is 4.30. The smallest absolute Gasteiger partial charge is 0.279 e. The summed E-state index contributed by atoms with van der Waals surface area (Å²) in [5.41, 5.74) is 0. The predicted octanol–water partition coefficient (Wildman–Crippen LogP) is 1.43. The molecule has 1 heterocycles. The van der Waals surface area contributed by atoms with Crippen LogP contribution in [0.25, 0.3) is 0 Å². The molecule has 0 aromatic rings. The molecule has 124 valence electrons. The van der Waals surface area contributed by atoms with E-state index in [2.05, 4.69) is 10.0 Å². The minimum absolute atomic E-state index is 0.0370. The van der Waals surface area contributed by atoms with E-state index in [-0.39, 0.29) is 6.04 Å². The Kier molecular flexibility index (Phi) is 6.80. The Balaban J connectivity index is 1.85. The van der Waals surface area contributed by atoms with Crippen molar-refractivity contribution >= 4 is 22.0 Å². The molecule has 0 radical (unpaired) electrons. The van der Waals surface area contributed by atoms with Gasteiger partial charge in [0, 0.05) is 30.9 Å². The molecule has 21 heavy (non-hydrogen) atoms. The standard InChI is InChI=1S/C14H29N3O2S2/c1-3-13(11-20-2)16-21(18,19)17-8-4-5-12(10-17)9-15-14-6-7-14/h12-16H,3-11H2,1-2H3. The number of hydrogen-bond donors (Lipinski definition) is 2. The summed E-state index contributed by atoms with van der Waals surface area (Å²) < 4.78 is 29.5. The van der Waals surface area contributed by atoms with E-state index in [1.165, 1.54) is 12.8 Å². The first-order valence-electron chi connectivity index (χ1n) is 8.05. The topological polar surface area (TPSA) is 61.4 Å². The van der Waals surface area contributed by atoms with Crippen LogP contribution in [0.2, 0.25) is 0 Å². The molecular weight excluding hydrogens is 306 g/mol. The van der Waals surface area contributed by atoms with E-state index in [1.807, 2.05) is 13.2 Å². The van der Waals surface area contributed by atoms with Gasteiger partial charge in [-0.25, -0.2) is 0 Å². The molecule has 1 aliphatic heterocycles. The van der Waals surface area contributed by atoms with Gasteiger partial charge in [0.2, 0.25) is 0 Å². The molecule has 2 aliphatic rings. The maximum absolute atomic E-state index is 12.5. The third kappa shape index (κ3) is 5.71. The number of nitrogens with zero attached hydrogens (tertiary/aromatic N) is 1. The highest BCUT2D eigenvalue weighted by molar-refractivity contribution is 7.98. The lowest BCUT2D eigenvalue weighted by Crippen LogP contribution is -2.50. The van der Waals surface area contributed by atoms with Crippen LogP contribution >= 0.6 is 11.8 Å². The normalized spacial score (nSPS) is 25.9. The third-order valence-electron chi connectivity index (χ3n) is 4.27. The average molecular weight is 336 g/mol. The van der Waals surface area contributed by atoms with Gasteiger partial charge in [-0.1, -0.05) is 6.92 Å². The monoisotopic (exact) mass is 335 g/mol. The van der Waals surface area contributed by atoms with Crippen LogP contribution in [0.3, 0.4) is 0 Å². The van der Waals surface area contributed by atoms with Crippen molar-refractivity contribution < 1.29 is 8.42 Å². The van der Waals surface area contributed by atoms with Gasteiger partial charge < -0.3 is 5.32 Å². The molecule has 1 aliphatic carbocycles. The summed E-state index contributed by atoms with van der Waals surface area (Å²) in [5.74, 6) is 1.28. The van der Waals surface area contributed by atoms with E-state index in [0.717, 1.165) is 31.6 Å². The van der Waals surface area contributed by atoms with Crippen LogP contribution in [-0.4, -0.2) is 56.4 Å². The van der Waals surface area contributed by atoms with Crippen LogP contribution in [0.15, 0.2) is 0 Å². The summed E-state index contributed by atoms with van der Waals surface area (Å²) in [6, 6.07) is 0.733. The van der Waals surface area contributed by atoms with Crippen molar-refractivity contribution in [1.82, 2.24) is 14.3 Å². The fourth-order valence-electron chi connectivity index (χ4n) is 2.75. The highest BCUT2D eigenvalue weighted by atomic mass is 32.2. The van der Waals surface area contributed by atoms with E-state index in [1.54, 1.807) is 16.1 Å². The SMILES string of the molecule is CCC(CSC)NS(=O)(=O)N1CCCC(CNC2CC2)C1. The van der Waals surface area contributed by atoms with Crippen molar-refractivity contribution in [2.24, 2.45) is 5.92 Å². The zero-order valence-corrected chi connectivity index (χ0v) is 14.8. The third-order valence-corrected chi connectivity index (χ3v) is 6.65. The molecule has 0 aromatic carbocycles. The minimum Gasteiger partial charge on any atom is -0.314 e. The Hall–Kier alpha value is 0.180. The number of thioether (sulfide) groups is 1. The molecular formula is C14H29N3O2S2. The molecule has 2 rings (SSSR count). The lowest BCUT2D eigenvalue weighted by atomic mass is 10.00. The van der Waals surface area contributed by atoms with Gasteiger partial charge in [-0.15, -0.1) is 0 Å². The van der Waals surface area contributed by atoms with E-state index in [4.69, 9.17) is 0 Å². The Labute approximate surface area is 133 Å². The van der Waals surface area contributed by atoms with Crippen molar-refractivity contribution in [3.05, 3.63) is 0 Å². The Bertz CT molecular complexity index is 412. The first-order valence-corrected chi connectivity index (χ1v) is 10.9. The van der Waals surface area contributed by atoms with Gasteiger partial charge in [-0.2, -0.15) is 29.2 Å². The predicted molar refractivity (Wildman–Crippen MR) is 89.8 cm³/mol. The fourth-order valence-corrected chi connectivity index (χ4v) is 5.18. The number of piperidine rings is 1. The van der Waals surface area contributed by atoms with Gasteiger partial charge in [0.1, 0.15) is 0 Å². The first-order chi connectivity index (χ1) is 10.0. The second-order valence-electron chi connectivity index (χ2n) is 6.23. The number of nitrogens with one attached hydrogen (secondary N) is 2. The number of rotatable bonds is 9. The molecule has 0 amide bonds. The van der Waals surface area contributed by atoms with Crippen molar-refractivity contribution in [1.29, 1.82) is 0 Å². The van der Waals surface area contributed by atoms with Crippen LogP contribution in [-0.2, 0) is 10.2 Å². The Morgan fingerprint density at radius 3 is 2.71 bits per heavy atom. The summed E-state index contributed by atoms with van der Waals surface area (Å²) in [7, 11) is -3.33. The van der Waals surface area contributed by atoms with Gasteiger partial charge in [0.05, 0.1) is 0 Å². The summed E-state index contributed by atoms with van der Waals surface area (Å²) in [6.07, 6.45) is 7.51. The van der Waals surface area contributed by atoms with E-state index < -0.39 is 10.2 Å². The Morgan fingerprint density at radius 2 is 2.10 bits per heavy atom. The lowest BCUT2D eigenvalue weighted by molar-refractivity contribution is 0.256. The molecule has 1 saturated heterocycles. The Morgan fingerprint density at radius 1 is 1.33 bits per heavy atom. The molecule has 2 unspecified atom stereocenters. The highest BCUT2D eigenvalue weighted by Crippen LogP contribution is 2.22. The van der Waals surface area contributed by atoms with Crippen molar-refractivity contribution in [2.45, 2.75) is 51.1 Å². The van der Waals surface area contributed by atoms with Crippen molar-refractivity contribution in [3.8, 4) is 0 Å². The summed E-state index contributed by atoms with van der Waals surface area (Å²) in [4.78, 5) is 0. The zero-order chi connectivity index (χ0) is 15.3.